The highest BCUT2D eigenvalue weighted by Gasteiger charge is 2.32. The monoisotopic (exact) mass is 245 g/mol. The number of hydrogen-bond acceptors (Lipinski definition) is 5. The van der Waals surface area contributed by atoms with Gasteiger partial charge in [-0.05, 0) is 20.8 Å². The molecule has 1 amide bonds. The molecule has 0 aromatic carbocycles. The highest BCUT2D eigenvalue weighted by Crippen LogP contribution is 2.13. The second-order valence-electron chi connectivity index (χ2n) is 4.81. The Balaban J connectivity index is 2.55. The van der Waals surface area contributed by atoms with Crippen LogP contribution in [0.15, 0.2) is 0 Å². The van der Waals surface area contributed by atoms with Crippen molar-refractivity contribution < 1.29 is 23.8 Å². The molecule has 1 fully saturated rings. The number of carbonyl (C=O) groups is 2. The van der Waals surface area contributed by atoms with Crippen molar-refractivity contribution in [3.05, 3.63) is 0 Å². The van der Waals surface area contributed by atoms with Gasteiger partial charge in [0.25, 0.3) is 0 Å². The van der Waals surface area contributed by atoms with Gasteiger partial charge in [0.1, 0.15) is 5.60 Å². The summed E-state index contributed by atoms with van der Waals surface area (Å²) in [6.07, 6.45) is -1.16. The molecule has 1 rings (SSSR count). The van der Waals surface area contributed by atoms with E-state index in [2.05, 4.69) is 4.74 Å². The second kappa shape index (κ2) is 5.35. The lowest BCUT2D eigenvalue weighted by Gasteiger charge is -2.32. The number of amides is 1. The van der Waals surface area contributed by atoms with E-state index in [4.69, 9.17) is 9.47 Å². The van der Waals surface area contributed by atoms with Crippen LogP contribution in [0.1, 0.15) is 20.8 Å². The Morgan fingerprint density at radius 2 is 2.00 bits per heavy atom. The summed E-state index contributed by atoms with van der Waals surface area (Å²) in [5.74, 6) is -0.474. The molecule has 0 aromatic heterocycles. The zero-order valence-corrected chi connectivity index (χ0v) is 10.7. The van der Waals surface area contributed by atoms with Gasteiger partial charge in [-0.15, -0.1) is 0 Å². The van der Waals surface area contributed by atoms with Crippen LogP contribution in [0.2, 0.25) is 0 Å². The van der Waals surface area contributed by atoms with Crippen LogP contribution in [0.3, 0.4) is 0 Å². The first kappa shape index (κ1) is 13.8. The Labute approximate surface area is 101 Å². The van der Waals surface area contributed by atoms with E-state index >= 15 is 0 Å². The molecule has 0 bridgehead atoms. The van der Waals surface area contributed by atoms with Gasteiger partial charge in [-0.1, -0.05) is 0 Å². The molecule has 6 heteroatoms. The fourth-order valence-electron chi connectivity index (χ4n) is 1.42. The maximum absolute atomic E-state index is 11.8. The molecule has 0 saturated carbocycles. The Morgan fingerprint density at radius 1 is 1.35 bits per heavy atom. The average Bonchev–Trinajstić information content (AvgIpc) is 2.26. The molecule has 1 aliphatic rings. The Hall–Kier alpha value is -1.30. The molecule has 0 aromatic rings. The van der Waals surface area contributed by atoms with E-state index in [0.29, 0.717) is 13.2 Å². The third-order valence-electron chi connectivity index (χ3n) is 2.18. The first-order valence-electron chi connectivity index (χ1n) is 5.51. The van der Waals surface area contributed by atoms with Crippen LogP contribution in [0.25, 0.3) is 0 Å². The van der Waals surface area contributed by atoms with Crippen LogP contribution in [0.5, 0.6) is 0 Å². The molecular formula is C11H19NO5. The third kappa shape index (κ3) is 4.22. The van der Waals surface area contributed by atoms with Gasteiger partial charge in [0, 0.05) is 6.54 Å². The van der Waals surface area contributed by atoms with Crippen molar-refractivity contribution >= 4 is 12.1 Å². The van der Waals surface area contributed by atoms with Gasteiger partial charge in [-0.2, -0.15) is 0 Å². The van der Waals surface area contributed by atoms with Gasteiger partial charge < -0.3 is 19.1 Å². The SMILES string of the molecule is COC(=O)[C@H]1CN(C(=O)OC(C)(C)C)CCO1. The van der Waals surface area contributed by atoms with E-state index in [-0.39, 0.29) is 6.54 Å². The Kier molecular flexibility index (Phi) is 4.34. The molecule has 1 heterocycles. The summed E-state index contributed by atoms with van der Waals surface area (Å²) in [7, 11) is 1.29. The molecule has 1 aliphatic heterocycles. The van der Waals surface area contributed by atoms with Gasteiger partial charge in [-0.3, -0.25) is 0 Å². The largest absolute Gasteiger partial charge is 0.467 e. The van der Waals surface area contributed by atoms with Gasteiger partial charge in [0.2, 0.25) is 0 Å². The summed E-state index contributed by atoms with van der Waals surface area (Å²) in [5, 5.41) is 0. The molecule has 6 nitrogen and oxygen atoms in total. The van der Waals surface area contributed by atoms with Crippen LogP contribution in [-0.4, -0.2) is 55.5 Å². The quantitative estimate of drug-likeness (QED) is 0.639. The maximum atomic E-state index is 11.8. The van der Waals surface area contributed by atoms with Gasteiger partial charge in [0.05, 0.1) is 20.3 Å². The molecule has 17 heavy (non-hydrogen) atoms. The number of esters is 1. The topological polar surface area (TPSA) is 65.1 Å². The van der Waals surface area contributed by atoms with E-state index in [9.17, 15) is 9.59 Å². The van der Waals surface area contributed by atoms with Crippen molar-refractivity contribution in [3.63, 3.8) is 0 Å². The van der Waals surface area contributed by atoms with Crippen LogP contribution >= 0.6 is 0 Å². The lowest BCUT2D eigenvalue weighted by molar-refractivity contribution is -0.159. The van der Waals surface area contributed by atoms with E-state index in [0.717, 1.165) is 0 Å². The standard InChI is InChI=1S/C11H19NO5/c1-11(2,3)17-10(14)12-5-6-16-8(7-12)9(13)15-4/h8H,5-7H2,1-4H3/t8-/m1/s1. The highest BCUT2D eigenvalue weighted by molar-refractivity contribution is 5.76. The molecular weight excluding hydrogens is 226 g/mol. The first-order valence-corrected chi connectivity index (χ1v) is 5.51. The average molecular weight is 245 g/mol. The fraction of sp³-hybridized carbons (Fsp3) is 0.818. The van der Waals surface area contributed by atoms with Crippen molar-refractivity contribution in [1.29, 1.82) is 0 Å². The number of carbonyl (C=O) groups excluding carboxylic acids is 2. The molecule has 0 spiro atoms. The van der Waals surface area contributed by atoms with Crippen LogP contribution < -0.4 is 0 Å². The summed E-state index contributed by atoms with van der Waals surface area (Å²) in [4.78, 5) is 24.5. The van der Waals surface area contributed by atoms with Crippen molar-refractivity contribution in [1.82, 2.24) is 4.90 Å². The van der Waals surface area contributed by atoms with Gasteiger partial charge in [0.15, 0.2) is 6.10 Å². The van der Waals surface area contributed by atoms with Crippen LogP contribution in [-0.2, 0) is 19.0 Å². The number of ether oxygens (including phenoxy) is 3. The maximum Gasteiger partial charge on any atom is 0.410 e. The predicted molar refractivity (Wildman–Crippen MR) is 59.6 cm³/mol. The Morgan fingerprint density at radius 3 is 2.53 bits per heavy atom. The van der Waals surface area contributed by atoms with Crippen molar-refractivity contribution in [2.75, 3.05) is 26.8 Å². The number of methoxy groups -OCH3 is 1. The van der Waals surface area contributed by atoms with E-state index in [1.165, 1.54) is 12.0 Å². The highest BCUT2D eigenvalue weighted by atomic mass is 16.6. The molecule has 1 saturated heterocycles. The number of morpholine rings is 1. The summed E-state index contributed by atoms with van der Waals surface area (Å²) < 4.78 is 15.0. The number of hydrogen-bond donors (Lipinski definition) is 0. The second-order valence-corrected chi connectivity index (χ2v) is 4.81. The van der Waals surface area contributed by atoms with Gasteiger partial charge >= 0.3 is 12.1 Å². The van der Waals surface area contributed by atoms with E-state index in [1.54, 1.807) is 20.8 Å². The van der Waals surface area contributed by atoms with Crippen molar-refractivity contribution in [2.45, 2.75) is 32.5 Å². The Bertz CT molecular complexity index is 297. The zero-order valence-electron chi connectivity index (χ0n) is 10.7. The lowest BCUT2D eigenvalue weighted by Crippen LogP contribution is -2.50. The van der Waals surface area contributed by atoms with Crippen LogP contribution in [0.4, 0.5) is 4.79 Å². The van der Waals surface area contributed by atoms with E-state index in [1.807, 2.05) is 0 Å². The molecule has 0 radical (unpaired) electrons. The lowest BCUT2D eigenvalue weighted by atomic mass is 10.2. The van der Waals surface area contributed by atoms with Crippen molar-refractivity contribution in [3.8, 4) is 0 Å². The minimum Gasteiger partial charge on any atom is -0.467 e. The summed E-state index contributed by atoms with van der Waals surface area (Å²) in [5.41, 5.74) is -0.545. The predicted octanol–water partition coefficient (Wildman–Crippen LogP) is 0.795. The molecule has 0 unspecified atom stereocenters. The summed E-state index contributed by atoms with van der Waals surface area (Å²) >= 11 is 0. The summed E-state index contributed by atoms with van der Waals surface area (Å²) in [6, 6.07) is 0. The third-order valence-corrected chi connectivity index (χ3v) is 2.18. The minimum absolute atomic E-state index is 0.168. The first-order chi connectivity index (χ1) is 7.83. The number of rotatable bonds is 1. The smallest absolute Gasteiger partial charge is 0.410 e. The minimum atomic E-state index is -0.721. The molecule has 0 aliphatic carbocycles. The summed E-state index contributed by atoms with van der Waals surface area (Å²) in [6.45, 7) is 6.28. The number of nitrogens with zero attached hydrogens (tertiary/aromatic N) is 1. The normalized spacial score (nSPS) is 20.9. The van der Waals surface area contributed by atoms with E-state index < -0.39 is 23.8 Å². The molecule has 0 N–H and O–H groups in total. The fourth-order valence-corrected chi connectivity index (χ4v) is 1.42. The van der Waals surface area contributed by atoms with Crippen molar-refractivity contribution in [2.24, 2.45) is 0 Å². The molecule has 98 valence electrons. The van der Waals surface area contributed by atoms with Crippen LogP contribution in [0, 0.1) is 0 Å². The van der Waals surface area contributed by atoms with Gasteiger partial charge in [-0.25, -0.2) is 9.59 Å². The zero-order chi connectivity index (χ0) is 13.1. The molecule has 1 atom stereocenters.